The second-order valence-corrected chi connectivity index (χ2v) is 15.1. The number of rotatable bonds is 6. The number of hydrogen-bond acceptors (Lipinski definition) is 4. The lowest BCUT2D eigenvalue weighted by Crippen LogP contribution is -2.01. The zero-order valence-corrected chi connectivity index (χ0v) is 31.0. The summed E-state index contributed by atoms with van der Waals surface area (Å²) in [5.74, 6) is 1.91. The molecule has 0 fully saturated rings. The molecule has 0 aliphatic heterocycles. The molecule has 0 aliphatic carbocycles. The van der Waals surface area contributed by atoms with Gasteiger partial charge in [0.1, 0.15) is 0 Å². The summed E-state index contributed by atoms with van der Waals surface area (Å²) in [5.41, 5.74) is 10.9. The van der Waals surface area contributed by atoms with Crippen LogP contribution in [0.3, 0.4) is 0 Å². The van der Waals surface area contributed by atoms with Crippen LogP contribution >= 0.6 is 11.3 Å². The van der Waals surface area contributed by atoms with Crippen molar-refractivity contribution in [2.75, 3.05) is 0 Å². The maximum atomic E-state index is 5.20. The molecule has 0 spiro atoms. The molecule has 11 aromatic rings. The lowest BCUT2D eigenvalue weighted by molar-refractivity contribution is 1.07. The smallest absolute Gasteiger partial charge is 0.164 e. The van der Waals surface area contributed by atoms with Gasteiger partial charge in [-0.3, -0.25) is 0 Å². The van der Waals surface area contributed by atoms with Gasteiger partial charge < -0.3 is 4.57 Å². The first-order chi connectivity index (χ1) is 27.7. The Morgan fingerprint density at radius 1 is 0.339 bits per heavy atom. The van der Waals surface area contributed by atoms with Gasteiger partial charge in [-0.05, 0) is 58.7 Å². The Labute approximate surface area is 327 Å². The molecule has 0 amide bonds. The van der Waals surface area contributed by atoms with Gasteiger partial charge in [0.05, 0.1) is 11.0 Å². The summed E-state index contributed by atoms with van der Waals surface area (Å²) in [5, 5.41) is 4.97. The molecular formula is C51H32N4S. The molecule has 0 aliphatic rings. The number of para-hydroxylation sites is 1. The van der Waals surface area contributed by atoms with Crippen LogP contribution in [-0.4, -0.2) is 19.5 Å². The standard InChI is InChI=1S/C51H32N4S/c1-3-13-33(14-4-1)34-25-27-36(28-26-34)49-52-50(54-51(53-49)38-29-30-42-41-19-8-10-24-46(41)56-47(42)32-38)37-17-11-18-39(31-37)55-44-22-9-7-20-43(44)48-40(21-12-23-45(48)55)35-15-5-2-6-16-35/h1-32H. The summed E-state index contributed by atoms with van der Waals surface area (Å²) >= 11 is 1.80. The van der Waals surface area contributed by atoms with Crippen molar-refractivity contribution in [2.45, 2.75) is 0 Å². The van der Waals surface area contributed by atoms with Gasteiger partial charge in [0.25, 0.3) is 0 Å². The zero-order chi connectivity index (χ0) is 37.0. The Kier molecular flexibility index (Phi) is 7.64. The molecule has 262 valence electrons. The minimum absolute atomic E-state index is 0.626. The number of hydrogen-bond donors (Lipinski definition) is 0. The van der Waals surface area contributed by atoms with Crippen LogP contribution in [0.25, 0.3) is 104 Å². The third-order valence-corrected chi connectivity index (χ3v) is 11.8. The summed E-state index contributed by atoms with van der Waals surface area (Å²) in [6.45, 7) is 0. The molecule has 5 heteroatoms. The van der Waals surface area contributed by atoms with Crippen molar-refractivity contribution >= 4 is 53.3 Å². The minimum atomic E-state index is 0.626. The van der Waals surface area contributed by atoms with E-state index in [9.17, 15) is 0 Å². The highest BCUT2D eigenvalue weighted by Gasteiger charge is 2.18. The molecule has 0 bridgehead atoms. The molecular weight excluding hydrogens is 701 g/mol. The second-order valence-electron chi connectivity index (χ2n) is 14.0. The molecule has 4 nitrogen and oxygen atoms in total. The first-order valence-corrected chi connectivity index (χ1v) is 19.6. The SMILES string of the molecule is c1ccc(-c2ccc(-c3nc(-c4cccc(-n5c6ccccc6c6c(-c7ccccc7)cccc65)c4)nc(-c4ccc5c(c4)sc4ccccc45)n3)cc2)cc1. The molecule has 11 rings (SSSR count). The van der Waals surface area contributed by atoms with Crippen molar-refractivity contribution in [1.29, 1.82) is 0 Å². The second kappa shape index (κ2) is 13.3. The Balaban J connectivity index is 1.08. The van der Waals surface area contributed by atoms with Crippen LogP contribution in [0.1, 0.15) is 0 Å². The van der Waals surface area contributed by atoms with Crippen LogP contribution in [0.15, 0.2) is 194 Å². The van der Waals surface area contributed by atoms with Crippen LogP contribution in [0.5, 0.6) is 0 Å². The molecule has 0 unspecified atom stereocenters. The average Bonchev–Trinajstić information content (AvgIpc) is 3.82. The van der Waals surface area contributed by atoms with E-state index in [1.165, 1.54) is 47.6 Å². The van der Waals surface area contributed by atoms with Crippen LogP contribution in [-0.2, 0) is 0 Å². The molecule has 0 saturated carbocycles. The van der Waals surface area contributed by atoms with Crippen LogP contribution in [0.2, 0.25) is 0 Å². The Morgan fingerprint density at radius 2 is 0.875 bits per heavy atom. The van der Waals surface area contributed by atoms with E-state index in [-0.39, 0.29) is 0 Å². The average molecular weight is 733 g/mol. The molecule has 0 radical (unpaired) electrons. The van der Waals surface area contributed by atoms with Crippen molar-refractivity contribution in [2.24, 2.45) is 0 Å². The van der Waals surface area contributed by atoms with E-state index in [1.807, 2.05) is 6.07 Å². The lowest BCUT2D eigenvalue weighted by atomic mass is 9.99. The van der Waals surface area contributed by atoms with Crippen molar-refractivity contribution in [3.8, 4) is 62.1 Å². The van der Waals surface area contributed by atoms with Gasteiger partial charge in [-0.2, -0.15) is 0 Å². The summed E-state index contributed by atoms with van der Waals surface area (Å²) in [7, 11) is 0. The highest BCUT2D eigenvalue weighted by Crippen LogP contribution is 2.40. The fourth-order valence-electron chi connectivity index (χ4n) is 8.01. The van der Waals surface area contributed by atoms with Gasteiger partial charge in [-0.1, -0.05) is 158 Å². The van der Waals surface area contributed by atoms with Gasteiger partial charge in [-0.25, -0.2) is 15.0 Å². The Morgan fingerprint density at radius 3 is 1.66 bits per heavy atom. The van der Waals surface area contributed by atoms with Gasteiger partial charge in [0.2, 0.25) is 0 Å². The van der Waals surface area contributed by atoms with E-state index < -0.39 is 0 Å². The molecule has 0 saturated heterocycles. The molecule has 0 atom stereocenters. The quantitative estimate of drug-likeness (QED) is 0.171. The highest BCUT2D eigenvalue weighted by atomic mass is 32.1. The van der Waals surface area contributed by atoms with Crippen LogP contribution < -0.4 is 0 Å². The number of fused-ring (bicyclic) bond motifs is 6. The monoisotopic (exact) mass is 732 g/mol. The van der Waals surface area contributed by atoms with Crippen LogP contribution in [0.4, 0.5) is 0 Å². The fourth-order valence-corrected chi connectivity index (χ4v) is 9.16. The predicted molar refractivity (Wildman–Crippen MR) is 234 cm³/mol. The van der Waals surface area contributed by atoms with E-state index in [2.05, 4.69) is 193 Å². The normalized spacial score (nSPS) is 11.6. The largest absolute Gasteiger partial charge is 0.309 e. The number of aromatic nitrogens is 4. The first-order valence-electron chi connectivity index (χ1n) is 18.8. The number of thiophene rings is 1. The van der Waals surface area contributed by atoms with Gasteiger partial charge in [0.15, 0.2) is 17.5 Å². The third-order valence-electron chi connectivity index (χ3n) is 10.7. The van der Waals surface area contributed by atoms with E-state index in [1.54, 1.807) is 11.3 Å². The van der Waals surface area contributed by atoms with Gasteiger partial charge in [0, 0.05) is 53.3 Å². The van der Waals surface area contributed by atoms with Crippen molar-refractivity contribution in [3.63, 3.8) is 0 Å². The maximum absolute atomic E-state index is 5.20. The Bertz CT molecular complexity index is 3240. The van der Waals surface area contributed by atoms with Crippen molar-refractivity contribution < 1.29 is 0 Å². The lowest BCUT2D eigenvalue weighted by Gasteiger charge is -2.12. The number of benzene rings is 8. The van der Waals surface area contributed by atoms with Crippen molar-refractivity contribution in [3.05, 3.63) is 194 Å². The van der Waals surface area contributed by atoms with Crippen LogP contribution in [0, 0.1) is 0 Å². The number of nitrogens with zero attached hydrogens (tertiary/aromatic N) is 4. The highest BCUT2D eigenvalue weighted by molar-refractivity contribution is 7.25. The summed E-state index contributed by atoms with van der Waals surface area (Å²) in [6.07, 6.45) is 0. The van der Waals surface area contributed by atoms with E-state index in [0.29, 0.717) is 17.5 Å². The Hall–Kier alpha value is -7.21. The topological polar surface area (TPSA) is 43.6 Å². The molecule has 56 heavy (non-hydrogen) atoms. The first kappa shape index (κ1) is 32.2. The third kappa shape index (κ3) is 5.48. The van der Waals surface area contributed by atoms with Crippen molar-refractivity contribution in [1.82, 2.24) is 19.5 Å². The molecule has 3 heterocycles. The minimum Gasteiger partial charge on any atom is -0.309 e. The molecule has 8 aromatic carbocycles. The summed E-state index contributed by atoms with van der Waals surface area (Å²) < 4.78 is 4.84. The summed E-state index contributed by atoms with van der Waals surface area (Å²) in [4.78, 5) is 15.5. The van der Waals surface area contributed by atoms with Gasteiger partial charge >= 0.3 is 0 Å². The van der Waals surface area contributed by atoms with E-state index >= 15 is 0 Å². The molecule has 3 aromatic heterocycles. The maximum Gasteiger partial charge on any atom is 0.164 e. The summed E-state index contributed by atoms with van der Waals surface area (Å²) in [6, 6.07) is 68.6. The molecule has 0 N–H and O–H groups in total. The fraction of sp³-hybridized carbons (Fsp3) is 0. The zero-order valence-electron chi connectivity index (χ0n) is 30.2. The van der Waals surface area contributed by atoms with E-state index in [4.69, 9.17) is 15.0 Å². The predicted octanol–water partition coefficient (Wildman–Crippen LogP) is 13.7. The van der Waals surface area contributed by atoms with Gasteiger partial charge in [-0.15, -0.1) is 11.3 Å². The van der Waals surface area contributed by atoms with E-state index in [0.717, 1.165) is 39.0 Å².